The summed E-state index contributed by atoms with van der Waals surface area (Å²) in [6, 6.07) is 16.9. The Morgan fingerprint density at radius 1 is 1.00 bits per heavy atom. The van der Waals surface area contributed by atoms with Gasteiger partial charge in [-0.2, -0.15) is 4.99 Å². The Bertz CT molecular complexity index is 514. The molecule has 0 aromatic heterocycles. The first-order valence-corrected chi connectivity index (χ1v) is 5.23. The van der Waals surface area contributed by atoms with Gasteiger partial charge < -0.3 is 4.74 Å². The molecule has 0 saturated heterocycles. The van der Waals surface area contributed by atoms with Gasteiger partial charge >= 0.3 is 0 Å². The van der Waals surface area contributed by atoms with Gasteiger partial charge in [-0.15, -0.1) is 0 Å². The van der Waals surface area contributed by atoms with Gasteiger partial charge in [0.2, 0.25) is 6.08 Å². The number of benzene rings is 2. The number of rotatable bonds is 4. The van der Waals surface area contributed by atoms with Crippen molar-refractivity contribution in [1.29, 1.82) is 0 Å². The lowest BCUT2D eigenvalue weighted by Gasteiger charge is -2.05. The number of ether oxygens (including phenoxy) is 1. The summed E-state index contributed by atoms with van der Waals surface area (Å²) in [5.74, 6) is 0.836. The normalized spacial score (nSPS) is 9.41. The predicted molar refractivity (Wildman–Crippen MR) is 65.0 cm³/mol. The maximum absolute atomic E-state index is 10.1. The van der Waals surface area contributed by atoms with Crippen molar-refractivity contribution < 1.29 is 9.53 Å². The molecule has 0 bridgehead atoms. The molecule has 0 fully saturated rings. The van der Waals surface area contributed by atoms with E-state index in [9.17, 15) is 4.79 Å². The molecule has 0 unspecified atom stereocenters. The van der Waals surface area contributed by atoms with Crippen molar-refractivity contribution >= 4 is 11.8 Å². The molecule has 0 spiro atoms. The number of hydrogen-bond donors (Lipinski definition) is 0. The second-order valence-corrected chi connectivity index (χ2v) is 3.47. The van der Waals surface area contributed by atoms with Gasteiger partial charge in [-0.1, -0.05) is 30.3 Å². The van der Waals surface area contributed by atoms with E-state index in [2.05, 4.69) is 4.99 Å². The molecule has 0 aliphatic heterocycles. The van der Waals surface area contributed by atoms with E-state index in [4.69, 9.17) is 4.74 Å². The molecule has 17 heavy (non-hydrogen) atoms. The lowest BCUT2D eigenvalue weighted by molar-refractivity contribution is 0.306. The highest BCUT2D eigenvalue weighted by Gasteiger charge is 1.95. The van der Waals surface area contributed by atoms with Gasteiger partial charge in [-0.25, -0.2) is 4.79 Å². The Labute approximate surface area is 99.4 Å². The van der Waals surface area contributed by atoms with E-state index in [-0.39, 0.29) is 0 Å². The van der Waals surface area contributed by atoms with Crippen LogP contribution in [-0.2, 0) is 11.4 Å². The lowest BCUT2D eigenvalue weighted by atomic mass is 10.2. The van der Waals surface area contributed by atoms with E-state index in [1.807, 2.05) is 42.5 Å². The largest absolute Gasteiger partial charge is 0.489 e. The summed E-state index contributed by atoms with van der Waals surface area (Å²) < 4.78 is 5.58. The molecule has 3 nitrogen and oxygen atoms in total. The fourth-order valence-electron chi connectivity index (χ4n) is 1.40. The number of isocyanates is 1. The summed E-state index contributed by atoms with van der Waals surface area (Å²) in [5, 5.41) is 0. The average molecular weight is 225 g/mol. The van der Waals surface area contributed by atoms with Crippen molar-refractivity contribution in [1.82, 2.24) is 0 Å². The van der Waals surface area contributed by atoms with Crippen LogP contribution in [0, 0.1) is 0 Å². The van der Waals surface area contributed by atoms with Crippen LogP contribution in [0.4, 0.5) is 5.69 Å². The zero-order chi connectivity index (χ0) is 11.9. The molecular formula is C14H11NO2. The van der Waals surface area contributed by atoms with E-state index in [1.54, 1.807) is 12.1 Å². The first kappa shape index (κ1) is 11.1. The minimum atomic E-state index is 0.495. The van der Waals surface area contributed by atoms with E-state index >= 15 is 0 Å². The minimum absolute atomic E-state index is 0.495. The molecule has 2 aromatic rings. The van der Waals surface area contributed by atoms with Crippen LogP contribution >= 0.6 is 0 Å². The zero-order valence-corrected chi connectivity index (χ0v) is 9.17. The molecule has 0 aliphatic carbocycles. The van der Waals surface area contributed by atoms with Crippen LogP contribution in [0.25, 0.3) is 0 Å². The Kier molecular flexibility index (Phi) is 3.68. The maximum atomic E-state index is 10.1. The van der Waals surface area contributed by atoms with Crippen LogP contribution in [0.1, 0.15) is 5.56 Å². The number of para-hydroxylation sites is 1. The Balaban J connectivity index is 1.98. The zero-order valence-electron chi connectivity index (χ0n) is 9.17. The van der Waals surface area contributed by atoms with Crippen molar-refractivity contribution in [2.45, 2.75) is 6.61 Å². The third-order valence-electron chi connectivity index (χ3n) is 2.26. The van der Waals surface area contributed by atoms with Crippen LogP contribution in [0.3, 0.4) is 0 Å². The smallest absolute Gasteiger partial charge is 0.240 e. The van der Waals surface area contributed by atoms with Crippen molar-refractivity contribution in [3.63, 3.8) is 0 Å². The summed E-state index contributed by atoms with van der Waals surface area (Å²) in [7, 11) is 0. The van der Waals surface area contributed by atoms with Crippen LogP contribution in [0.2, 0.25) is 0 Å². The SMILES string of the molecule is O=C=Nc1ccc(COc2ccccc2)cc1. The van der Waals surface area contributed by atoms with Gasteiger partial charge in [0.05, 0.1) is 5.69 Å². The van der Waals surface area contributed by atoms with Crippen LogP contribution in [-0.4, -0.2) is 6.08 Å². The van der Waals surface area contributed by atoms with Crippen molar-refractivity contribution in [3.05, 3.63) is 60.2 Å². The quantitative estimate of drug-likeness (QED) is 0.592. The molecular weight excluding hydrogens is 214 g/mol. The molecule has 3 heteroatoms. The first-order valence-electron chi connectivity index (χ1n) is 5.23. The molecule has 0 radical (unpaired) electrons. The second kappa shape index (κ2) is 5.64. The summed E-state index contributed by atoms with van der Waals surface area (Å²) in [4.78, 5) is 13.6. The molecule has 0 saturated carbocycles. The molecule has 0 aliphatic rings. The first-order chi connectivity index (χ1) is 8.38. The lowest BCUT2D eigenvalue weighted by Crippen LogP contribution is -1.94. The maximum Gasteiger partial charge on any atom is 0.240 e. The van der Waals surface area contributed by atoms with Crippen molar-refractivity contribution in [3.8, 4) is 5.75 Å². The molecule has 2 aromatic carbocycles. The molecule has 0 atom stereocenters. The van der Waals surface area contributed by atoms with E-state index in [1.165, 1.54) is 6.08 Å². The Hall–Kier alpha value is -2.38. The van der Waals surface area contributed by atoms with Crippen LogP contribution in [0.15, 0.2) is 59.6 Å². The molecule has 0 amide bonds. The van der Waals surface area contributed by atoms with E-state index in [0.29, 0.717) is 12.3 Å². The second-order valence-electron chi connectivity index (χ2n) is 3.47. The van der Waals surface area contributed by atoms with E-state index < -0.39 is 0 Å². The third kappa shape index (κ3) is 3.30. The van der Waals surface area contributed by atoms with Crippen LogP contribution < -0.4 is 4.74 Å². The number of aliphatic imine (C=N–C) groups is 1. The van der Waals surface area contributed by atoms with Gasteiger partial charge in [0.15, 0.2) is 0 Å². The monoisotopic (exact) mass is 225 g/mol. The third-order valence-corrected chi connectivity index (χ3v) is 2.26. The van der Waals surface area contributed by atoms with E-state index in [0.717, 1.165) is 11.3 Å². The fourth-order valence-corrected chi connectivity index (χ4v) is 1.40. The Morgan fingerprint density at radius 2 is 1.71 bits per heavy atom. The number of carbonyl (C=O) groups excluding carboxylic acids is 1. The standard InChI is InChI=1S/C14H11NO2/c16-11-15-13-8-6-12(7-9-13)10-17-14-4-2-1-3-5-14/h1-9H,10H2. The van der Waals surface area contributed by atoms with Crippen molar-refractivity contribution in [2.75, 3.05) is 0 Å². The van der Waals surface area contributed by atoms with Gasteiger partial charge in [0, 0.05) is 0 Å². The van der Waals surface area contributed by atoms with Gasteiger partial charge in [0.25, 0.3) is 0 Å². The molecule has 0 N–H and O–H groups in total. The summed E-state index contributed by atoms with van der Waals surface area (Å²) in [5.41, 5.74) is 1.63. The van der Waals surface area contributed by atoms with Crippen LogP contribution in [0.5, 0.6) is 5.75 Å². The summed E-state index contributed by atoms with van der Waals surface area (Å²) in [6.45, 7) is 0.495. The van der Waals surface area contributed by atoms with Gasteiger partial charge in [-0.05, 0) is 29.8 Å². The van der Waals surface area contributed by atoms with Gasteiger partial charge in [-0.3, -0.25) is 0 Å². The highest BCUT2D eigenvalue weighted by molar-refractivity contribution is 5.49. The van der Waals surface area contributed by atoms with Crippen molar-refractivity contribution in [2.24, 2.45) is 4.99 Å². The predicted octanol–water partition coefficient (Wildman–Crippen LogP) is 3.23. The minimum Gasteiger partial charge on any atom is -0.489 e. The number of hydrogen-bond acceptors (Lipinski definition) is 3. The highest BCUT2D eigenvalue weighted by Crippen LogP contribution is 2.15. The average Bonchev–Trinajstić information content (AvgIpc) is 2.40. The molecule has 2 rings (SSSR count). The molecule has 84 valence electrons. The van der Waals surface area contributed by atoms with Gasteiger partial charge in [0.1, 0.15) is 12.4 Å². The number of nitrogens with zero attached hydrogens (tertiary/aromatic N) is 1. The highest BCUT2D eigenvalue weighted by atomic mass is 16.5. The summed E-state index contributed by atoms with van der Waals surface area (Å²) >= 11 is 0. The topological polar surface area (TPSA) is 38.7 Å². The summed E-state index contributed by atoms with van der Waals surface area (Å²) in [6.07, 6.45) is 1.51. The molecule has 0 heterocycles. The Morgan fingerprint density at radius 3 is 2.35 bits per heavy atom. The fraction of sp³-hybridized carbons (Fsp3) is 0.0714.